The first kappa shape index (κ1) is 20.1. The van der Waals surface area contributed by atoms with Crippen LogP contribution >= 0.6 is 11.6 Å². The fourth-order valence-corrected chi connectivity index (χ4v) is 5.25. The van der Waals surface area contributed by atoms with Crippen LogP contribution in [0.5, 0.6) is 0 Å². The molecule has 158 valence electrons. The van der Waals surface area contributed by atoms with Gasteiger partial charge in [-0.25, -0.2) is 13.4 Å². The lowest BCUT2D eigenvalue weighted by Gasteiger charge is -2.25. The summed E-state index contributed by atoms with van der Waals surface area (Å²) >= 11 is 5.86. The van der Waals surface area contributed by atoms with E-state index in [1.807, 2.05) is 12.1 Å². The van der Waals surface area contributed by atoms with Gasteiger partial charge in [-0.05, 0) is 42.5 Å². The van der Waals surface area contributed by atoms with Crippen molar-refractivity contribution in [2.24, 2.45) is 0 Å². The second-order valence-electron chi connectivity index (χ2n) is 7.78. The van der Waals surface area contributed by atoms with Crippen molar-refractivity contribution in [2.45, 2.75) is 24.5 Å². The molecule has 6 nitrogen and oxygen atoms in total. The molecule has 2 N–H and O–H groups in total. The van der Waals surface area contributed by atoms with Gasteiger partial charge in [0, 0.05) is 10.6 Å². The number of imidazole rings is 1. The number of fused-ring (bicyclic) bond motifs is 3. The summed E-state index contributed by atoms with van der Waals surface area (Å²) in [5.74, 6) is 1.03. The van der Waals surface area contributed by atoms with Gasteiger partial charge in [0.15, 0.2) is 5.82 Å². The Labute approximate surface area is 186 Å². The standard InChI is InChI=1S/C23H21ClN4O2S/c24-18-6-9-20(10-7-18)31(29,30)26-19-8-11-22-21(14-19)25-23-16-27(12-13-28(22)23)15-17-4-2-1-3-5-17/h1-11,14,26H,12-13,15-16H2/p+1. The summed E-state index contributed by atoms with van der Waals surface area (Å²) in [4.78, 5) is 6.45. The molecule has 0 aliphatic carbocycles. The van der Waals surface area contributed by atoms with E-state index in [1.54, 1.807) is 24.3 Å². The molecule has 0 saturated heterocycles. The first-order valence-corrected chi connectivity index (χ1v) is 12.0. The number of rotatable bonds is 5. The van der Waals surface area contributed by atoms with Crippen LogP contribution < -0.4 is 9.62 Å². The van der Waals surface area contributed by atoms with Gasteiger partial charge in [0.25, 0.3) is 10.0 Å². The number of quaternary nitrogens is 1. The molecule has 1 atom stereocenters. The minimum absolute atomic E-state index is 0.168. The summed E-state index contributed by atoms with van der Waals surface area (Å²) in [5, 5.41) is 0.493. The maximum Gasteiger partial charge on any atom is 0.261 e. The van der Waals surface area contributed by atoms with Crippen molar-refractivity contribution in [1.29, 1.82) is 0 Å². The molecule has 1 aliphatic heterocycles. The zero-order valence-electron chi connectivity index (χ0n) is 16.8. The highest BCUT2D eigenvalue weighted by Crippen LogP contribution is 2.24. The SMILES string of the molecule is O=S(=O)(Nc1ccc2c(c1)nc1n2CC[NH+](Cc2ccccc2)C1)c1ccc(Cl)cc1. The van der Waals surface area contributed by atoms with E-state index < -0.39 is 10.0 Å². The van der Waals surface area contributed by atoms with E-state index in [4.69, 9.17) is 16.6 Å². The minimum atomic E-state index is -3.69. The Morgan fingerprint density at radius 3 is 2.58 bits per heavy atom. The normalized spacial score (nSPS) is 16.2. The van der Waals surface area contributed by atoms with Crippen molar-refractivity contribution in [3.63, 3.8) is 0 Å². The molecule has 0 bridgehead atoms. The maximum absolute atomic E-state index is 12.7. The molecule has 3 aromatic carbocycles. The number of benzene rings is 3. The summed E-state index contributed by atoms with van der Waals surface area (Å²) in [7, 11) is -3.69. The maximum atomic E-state index is 12.7. The third-order valence-electron chi connectivity index (χ3n) is 5.60. The van der Waals surface area contributed by atoms with Gasteiger partial charge in [-0.3, -0.25) is 4.72 Å². The molecule has 0 amide bonds. The van der Waals surface area contributed by atoms with Crippen LogP contribution in [0.3, 0.4) is 0 Å². The van der Waals surface area contributed by atoms with Crippen molar-refractivity contribution >= 4 is 38.3 Å². The van der Waals surface area contributed by atoms with Crippen LogP contribution in [0, 0.1) is 0 Å². The van der Waals surface area contributed by atoms with Gasteiger partial charge >= 0.3 is 0 Å². The Morgan fingerprint density at radius 2 is 1.81 bits per heavy atom. The van der Waals surface area contributed by atoms with Gasteiger partial charge in [0.2, 0.25) is 0 Å². The zero-order valence-corrected chi connectivity index (χ0v) is 18.3. The molecular formula is C23H22ClN4O2S+. The van der Waals surface area contributed by atoms with E-state index in [0.29, 0.717) is 10.7 Å². The van der Waals surface area contributed by atoms with E-state index in [0.717, 1.165) is 43.0 Å². The molecule has 1 unspecified atom stereocenters. The molecule has 5 rings (SSSR count). The molecular weight excluding hydrogens is 432 g/mol. The molecule has 1 aromatic heterocycles. The number of halogens is 1. The molecule has 0 saturated carbocycles. The highest BCUT2D eigenvalue weighted by molar-refractivity contribution is 7.92. The van der Waals surface area contributed by atoms with Crippen LogP contribution in [-0.2, 0) is 29.7 Å². The molecule has 4 aromatic rings. The Balaban J connectivity index is 1.37. The Hall–Kier alpha value is -2.87. The Bertz CT molecular complexity index is 1340. The molecule has 2 heterocycles. The van der Waals surface area contributed by atoms with Crippen LogP contribution in [-0.4, -0.2) is 24.5 Å². The van der Waals surface area contributed by atoms with E-state index in [1.165, 1.54) is 22.6 Å². The van der Waals surface area contributed by atoms with Crippen LogP contribution in [0.4, 0.5) is 5.69 Å². The highest BCUT2D eigenvalue weighted by Gasteiger charge is 2.23. The van der Waals surface area contributed by atoms with E-state index in [-0.39, 0.29) is 4.90 Å². The van der Waals surface area contributed by atoms with Gasteiger partial charge in [-0.1, -0.05) is 41.9 Å². The van der Waals surface area contributed by atoms with Gasteiger partial charge in [-0.15, -0.1) is 0 Å². The van der Waals surface area contributed by atoms with Crippen molar-refractivity contribution in [3.05, 3.63) is 89.2 Å². The quantitative estimate of drug-likeness (QED) is 0.488. The fraction of sp³-hybridized carbons (Fsp3) is 0.174. The highest BCUT2D eigenvalue weighted by atomic mass is 35.5. The smallest absolute Gasteiger partial charge is 0.261 e. The fourth-order valence-electron chi connectivity index (χ4n) is 4.07. The van der Waals surface area contributed by atoms with Crippen molar-refractivity contribution in [2.75, 3.05) is 11.3 Å². The van der Waals surface area contributed by atoms with Crippen LogP contribution in [0.15, 0.2) is 77.7 Å². The number of nitrogens with one attached hydrogen (secondary N) is 2. The average Bonchev–Trinajstić information content (AvgIpc) is 3.11. The number of aromatic nitrogens is 2. The van der Waals surface area contributed by atoms with Crippen molar-refractivity contribution in [3.8, 4) is 0 Å². The third kappa shape index (κ3) is 4.17. The van der Waals surface area contributed by atoms with Crippen LogP contribution in [0.2, 0.25) is 5.02 Å². The van der Waals surface area contributed by atoms with Crippen LogP contribution in [0.25, 0.3) is 11.0 Å². The zero-order chi connectivity index (χ0) is 21.4. The topological polar surface area (TPSA) is 68.4 Å². The lowest BCUT2D eigenvalue weighted by molar-refractivity contribution is -0.932. The molecule has 0 spiro atoms. The summed E-state index contributed by atoms with van der Waals surface area (Å²) in [5.41, 5.74) is 3.64. The number of nitrogens with zero attached hydrogens (tertiary/aromatic N) is 2. The molecule has 31 heavy (non-hydrogen) atoms. The van der Waals surface area contributed by atoms with E-state index in [2.05, 4.69) is 33.6 Å². The first-order chi connectivity index (χ1) is 15.0. The third-order valence-corrected chi connectivity index (χ3v) is 7.25. The van der Waals surface area contributed by atoms with Crippen molar-refractivity contribution < 1.29 is 13.3 Å². The van der Waals surface area contributed by atoms with Gasteiger partial charge in [-0.2, -0.15) is 0 Å². The predicted molar refractivity (Wildman–Crippen MR) is 122 cm³/mol. The summed E-state index contributed by atoms with van der Waals surface area (Å²) in [6.45, 7) is 3.73. The summed E-state index contributed by atoms with van der Waals surface area (Å²) < 4.78 is 30.2. The lowest BCUT2D eigenvalue weighted by atomic mass is 10.2. The first-order valence-electron chi connectivity index (χ1n) is 10.1. The van der Waals surface area contributed by atoms with E-state index >= 15 is 0 Å². The van der Waals surface area contributed by atoms with E-state index in [9.17, 15) is 8.42 Å². The largest absolute Gasteiger partial charge is 0.323 e. The second-order valence-corrected chi connectivity index (χ2v) is 9.90. The summed E-state index contributed by atoms with van der Waals surface area (Å²) in [6.07, 6.45) is 0. The Morgan fingerprint density at radius 1 is 1.03 bits per heavy atom. The number of anilines is 1. The van der Waals surface area contributed by atoms with Crippen molar-refractivity contribution in [1.82, 2.24) is 9.55 Å². The lowest BCUT2D eigenvalue weighted by Crippen LogP contribution is -3.10. The molecule has 0 fully saturated rings. The van der Waals surface area contributed by atoms with Gasteiger partial charge in [0.05, 0.1) is 34.7 Å². The number of hydrogen-bond acceptors (Lipinski definition) is 3. The summed E-state index contributed by atoms with van der Waals surface area (Å²) in [6, 6.07) is 22.1. The van der Waals surface area contributed by atoms with Crippen LogP contribution in [0.1, 0.15) is 11.4 Å². The average molecular weight is 454 g/mol. The molecule has 1 aliphatic rings. The molecule has 0 radical (unpaired) electrons. The monoisotopic (exact) mass is 453 g/mol. The van der Waals surface area contributed by atoms with Gasteiger partial charge < -0.3 is 9.47 Å². The number of hydrogen-bond donors (Lipinski definition) is 2. The Kier molecular flexibility index (Phi) is 5.17. The second kappa shape index (κ2) is 8.00. The number of sulfonamides is 1. The molecule has 8 heteroatoms. The predicted octanol–water partition coefficient (Wildman–Crippen LogP) is 3.09. The minimum Gasteiger partial charge on any atom is -0.323 e. The van der Waals surface area contributed by atoms with Gasteiger partial charge in [0.1, 0.15) is 13.1 Å².